The Morgan fingerprint density at radius 2 is 1.86 bits per heavy atom. The maximum atomic E-state index is 13.3. The van der Waals surface area contributed by atoms with Crippen molar-refractivity contribution in [2.45, 2.75) is 24.7 Å². The van der Waals surface area contributed by atoms with Crippen LogP contribution >= 0.6 is 0 Å². The molecule has 0 unspecified atom stereocenters. The van der Waals surface area contributed by atoms with Crippen LogP contribution in [0, 0.1) is 18.7 Å². The van der Waals surface area contributed by atoms with Crippen molar-refractivity contribution >= 4 is 10.0 Å². The van der Waals surface area contributed by atoms with E-state index in [-0.39, 0.29) is 10.7 Å². The second-order valence-electron chi connectivity index (χ2n) is 6.06. The molecular weight excluding hydrogens is 291 g/mol. The number of nitrogens with zero attached hydrogens (tertiary/aromatic N) is 2. The average molecular weight is 312 g/mol. The first-order valence-electron chi connectivity index (χ1n) is 7.45. The van der Waals surface area contributed by atoms with Crippen molar-refractivity contribution in [1.82, 2.24) is 9.21 Å². The van der Waals surface area contributed by atoms with Crippen LogP contribution in [0.4, 0.5) is 4.39 Å². The van der Waals surface area contributed by atoms with Crippen molar-refractivity contribution in [3.63, 3.8) is 0 Å². The first-order valence-corrected chi connectivity index (χ1v) is 8.89. The SMILES string of the molecule is Cc1cc(S(=O)(=O)N2CCN(CC3CC3)CC2)ccc1F. The number of aryl methyl sites for hydroxylation is 1. The maximum absolute atomic E-state index is 13.3. The molecule has 116 valence electrons. The molecule has 1 heterocycles. The smallest absolute Gasteiger partial charge is 0.243 e. The number of sulfonamides is 1. The van der Waals surface area contributed by atoms with Gasteiger partial charge in [-0.15, -0.1) is 0 Å². The molecule has 1 aromatic carbocycles. The summed E-state index contributed by atoms with van der Waals surface area (Å²) < 4.78 is 40.0. The van der Waals surface area contributed by atoms with Gasteiger partial charge in [-0.25, -0.2) is 12.8 Å². The molecule has 0 radical (unpaired) electrons. The van der Waals surface area contributed by atoms with E-state index in [9.17, 15) is 12.8 Å². The molecule has 1 aliphatic heterocycles. The second-order valence-corrected chi connectivity index (χ2v) is 8.00. The molecule has 2 fully saturated rings. The Morgan fingerprint density at radius 3 is 2.43 bits per heavy atom. The van der Waals surface area contributed by atoms with Gasteiger partial charge >= 0.3 is 0 Å². The van der Waals surface area contributed by atoms with Gasteiger partial charge in [0.25, 0.3) is 0 Å². The molecule has 1 saturated heterocycles. The van der Waals surface area contributed by atoms with Gasteiger partial charge in [0.05, 0.1) is 4.90 Å². The van der Waals surface area contributed by atoms with Gasteiger partial charge in [0.1, 0.15) is 5.82 Å². The third-order valence-corrected chi connectivity index (χ3v) is 6.21. The van der Waals surface area contributed by atoms with E-state index in [1.165, 1.54) is 35.3 Å². The van der Waals surface area contributed by atoms with Gasteiger partial charge in [-0.1, -0.05) is 0 Å². The molecule has 4 nitrogen and oxygen atoms in total. The van der Waals surface area contributed by atoms with Gasteiger partial charge in [0.15, 0.2) is 0 Å². The van der Waals surface area contributed by atoms with E-state index in [1.807, 2.05) is 0 Å². The van der Waals surface area contributed by atoms with Gasteiger partial charge in [-0.05, 0) is 49.4 Å². The van der Waals surface area contributed by atoms with Crippen molar-refractivity contribution in [1.29, 1.82) is 0 Å². The molecule has 1 saturated carbocycles. The normalized spacial score (nSPS) is 21.6. The summed E-state index contributed by atoms with van der Waals surface area (Å²) in [7, 11) is -3.50. The number of hydrogen-bond donors (Lipinski definition) is 0. The van der Waals surface area contributed by atoms with Gasteiger partial charge in [-0.3, -0.25) is 0 Å². The number of rotatable bonds is 4. The summed E-state index contributed by atoms with van der Waals surface area (Å²) in [5.74, 6) is 0.455. The fraction of sp³-hybridized carbons (Fsp3) is 0.600. The minimum atomic E-state index is -3.50. The van der Waals surface area contributed by atoms with E-state index in [1.54, 1.807) is 6.92 Å². The van der Waals surface area contributed by atoms with Crippen molar-refractivity contribution in [2.75, 3.05) is 32.7 Å². The summed E-state index contributed by atoms with van der Waals surface area (Å²) in [5, 5.41) is 0. The predicted molar refractivity (Wildman–Crippen MR) is 79.1 cm³/mol. The van der Waals surface area contributed by atoms with Crippen molar-refractivity contribution in [2.24, 2.45) is 5.92 Å². The lowest BCUT2D eigenvalue weighted by Gasteiger charge is -2.34. The number of halogens is 1. The van der Waals surface area contributed by atoms with Crippen LogP contribution in [-0.2, 0) is 10.0 Å². The first-order chi connectivity index (χ1) is 9.96. The van der Waals surface area contributed by atoms with Crippen LogP contribution < -0.4 is 0 Å². The highest BCUT2D eigenvalue weighted by molar-refractivity contribution is 7.89. The molecular formula is C15H21FN2O2S. The first kappa shape index (κ1) is 14.9. The summed E-state index contributed by atoms with van der Waals surface area (Å²) in [6, 6.07) is 4.00. The molecule has 0 atom stereocenters. The van der Waals surface area contributed by atoms with E-state index in [2.05, 4.69) is 4.90 Å². The van der Waals surface area contributed by atoms with Crippen LogP contribution in [-0.4, -0.2) is 50.3 Å². The third kappa shape index (κ3) is 3.27. The quantitative estimate of drug-likeness (QED) is 0.852. The van der Waals surface area contributed by atoms with Crippen LogP contribution in [0.2, 0.25) is 0 Å². The molecule has 0 amide bonds. The monoisotopic (exact) mass is 312 g/mol. The Kier molecular flexibility index (Phi) is 4.03. The molecule has 21 heavy (non-hydrogen) atoms. The van der Waals surface area contributed by atoms with Crippen LogP contribution in [0.3, 0.4) is 0 Å². The average Bonchev–Trinajstić information content (AvgIpc) is 3.26. The van der Waals surface area contributed by atoms with E-state index in [4.69, 9.17) is 0 Å². The maximum Gasteiger partial charge on any atom is 0.243 e. The minimum Gasteiger partial charge on any atom is -0.300 e. The fourth-order valence-corrected chi connectivity index (χ4v) is 4.25. The standard InChI is InChI=1S/C15H21FN2O2S/c1-12-10-14(4-5-15(12)16)21(19,20)18-8-6-17(7-9-18)11-13-2-3-13/h4-5,10,13H,2-3,6-9,11H2,1H3. The zero-order valence-electron chi connectivity index (χ0n) is 12.3. The highest BCUT2D eigenvalue weighted by Crippen LogP contribution is 2.30. The fourth-order valence-electron chi connectivity index (χ4n) is 2.74. The summed E-state index contributed by atoms with van der Waals surface area (Å²) >= 11 is 0. The summed E-state index contributed by atoms with van der Waals surface area (Å²) in [6.45, 7) is 5.30. The number of benzene rings is 1. The predicted octanol–water partition coefficient (Wildman–Crippen LogP) is 1.85. The molecule has 0 bridgehead atoms. The van der Waals surface area contributed by atoms with E-state index in [0.717, 1.165) is 25.6 Å². The molecule has 0 aromatic heterocycles. The van der Waals surface area contributed by atoms with Crippen molar-refractivity contribution in [3.05, 3.63) is 29.6 Å². The highest BCUT2D eigenvalue weighted by Gasteiger charge is 2.31. The third-order valence-electron chi connectivity index (χ3n) is 4.31. The van der Waals surface area contributed by atoms with Crippen LogP contribution in [0.25, 0.3) is 0 Å². The Morgan fingerprint density at radius 1 is 1.19 bits per heavy atom. The van der Waals surface area contributed by atoms with Crippen molar-refractivity contribution in [3.8, 4) is 0 Å². The van der Waals surface area contributed by atoms with Gasteiger partial charge < -0.3 is 4.90 Å². The van der Waals surface area contributed by atoms with E-state index in [0.29, 0.717) is 18.7 Å². The molecule has 6 heteroatoms. The van der Waals surface area contributed by atoms with Gasteiger partial charge in [0.2, 0.25) is 10.0 Å². The number of piperazine rings is 1. The van der Waals surface area contributed by atoms with Crippen LogP contribution in [0.15, 0.2) is 23.1 Å². The lowest BCUT2D eigenvalue weighted by atomic mass is 10.2. The Hall–Kier alpha value is -0.980. The molecule has 2 aliphatic rings. The van der Waals surface area contributed by atoms with Crippen LogP contribution in [0.5, 0.6) is 0 Å². The molecule has 1 aliphatic carbocycles. The lowest BCUT2D eigenvalue weighted by Crippen LogP contribution is -2.49. The molecule has 0 spiro atoms. The van der Waals surface area contributed by atoms with E-state index < -0.39 is 10.0 Å². The van der Waals surface area contributed by atoms with Gasteiger partial charge in [0, 0.05) is 32.7 Å². The number of hydrogen-bond acceptors (Lipinski definition) is 3. The van der Waals surface area contributed by atoms with E-state index >= 15 is 0 Å². The topological polar surface area (TPSA) is 40.6 Å². The van der Waals surface area contributed by atoms with Crippen LogP contribution in [0.1, 0.15) is 18.4 Å². The summed E-state index contributed by atoms with van der Waals surface area (Å²) in [5.41, 5.74) is 0.364. The Labute approximate surface area is 125 Å². The largest absolute Gasteiger partial charge is 0.300 e. The second kappa shape index (κ2) is 5.66. The lowest BCUT2D eigenvalue weighted by molar-refractivity contribution is 0.182. The molecule has 1 aromatic rings. The minimum absolute atomic E-state index is 0.192. The molecule has 0 N–H and O–H groups in total. The Balaban J connectivity index is 1.68. The summed E-state index contributed by atoms with van der Waals surface area (Å²) in [4.78, 5) is 2.54. The van der Waals surface area contributed by atoms with Gasteiger partial charge in [-0.2, -0.15) is 4.31 Å². The summed E-state index contributed by atoms with van der Waals surface area (Å²) in [6.07, 6.45) is 2.63. The zero-order valence-corrected chi connectivity index (χ0v) is 13.1. The highest BCUT2D eigenvalue weighted by atomic mass is 32.2. The van der Waals surface area contributed by atoms with Crippen molar-refractivity contribution < 1.29 is 12.8 Å². The Bertz CT molecular complexity index is 621. The molecule has 3 rings (SSSR count). The zero-order chi connectivity index (χ0) is 15.0.